The van der Waals surface area contributed by atoms with E-state index >= 15 is 0 Å². The Morgan fingerprint density at radius 2 is 1.85 bits per heavy atom. The third-order valence-electron chi connectivity index (χ3n) is 2.61. The van der Waals surface area contributed by atoms with Gasteiger partial charge in [0.1, 0.15) is 12.1 Å². The number of esters is 1. The zero-order chi connectivity index (χ0) is 15.1. The number of ether oxygens (including phenoxy) is 1. The fraction of sp³-hybridized carbons (Fsp3) is 0.385. The van der Waals surface area contributed by atoms with E-state index in [0.29, 0.717) is 5.56 Å². The minimum Gasteiger partial charge on any atom is -0.481 e. The van der Waals surface area contributed by atoms with Crippen molar-refractivity contribution in [3.8, 4) is 0 Å². The van der Waals surface area contributed by atoms with Gasteiger partial charge >= 0.3 is 11.9 Å². The van der Waals surface area contributed by atoms with Crippen LogP contribution in [0.1, 0.15) is 18.1 Å². The van der Waals surface area contributed by atoms with Crippen LogP contribution in [-0.4, -0.2) is 46.0 Å². The minimum absolute atomic E-state index is 0.477. The molecule has 0 aromatic heterocycles. The summed E-state index contributed by atoms with van der Waals surface area (Å²) in [6, 6.07) is 6.99. The quantitative estimate of drug-likeness (QED) is 0.493. The van der Waals surface area contributed by atoms with E-state index in [0.717, 1.165) is 0 Å². The van der Waals surface area contributed by atoms with Gasteiger partial charge in [0.05, 0.1) is 13.0 Å². The van der Waals surface area contributed by atoms with Crippen LogP contribution in [0.4, 0.5) is 0 Å². The molecule has 0 saturated carbocycles. The first kappa shape index (κ1) is 16.1. The zero-order valence-corrected chi connectivity index (χ0v) is 10.7. The molecule has 20 heavy (non-hydrogen) atoms. The molecule has 2 unspecified atom stereocenters. The van der Waals surface area contributed by atoms with E-state index < -0.39 is 43.2 Å². The number of aliphatic hydroxyl groups excluding tert-OH is 2. The van der Waals surface area contributed by atoms with Gasteiger partial charge < -0.3 is 25.8 Å². The van der Waals surface area contributed by atoms with Crippen LogP contribution in [0.3, 0.4) is 0 Å². The Balaban J connectivity index is 2.81. The number of carboxylic acids is 1. The van der Waals surface area contributed by atoms with E-state index in [9.17, 15) is 14.7 Å². The topological polar surface area (TPSA) is 130 Å². The first-order valence-corrected chi connectivity index (χ1v) is 5.97. The zero-order valence-electron chi connectivity index (χ0n) is 10.7. The van der Waals surface area contributed by atoms with Crippen molar-refractivity contribution in [1.29, 1.82) is 0 Å². The van der Waals surface area contributed by atoms with Gasteiger partial charge in [0.25, 0.3) is 0 Å². The van der Waals surface area contributed by atoms with E-state index in [1.54, 1.807) is 30.3 Å². The summed E-state index contributed by atoms with van der Waals surface area (Å²) in [6.07, 6.45) is -3.00. The van der Waals surface area contributed by atoms with Gasteiger partial charge in [0, 0.05) is 0 Å². The summed E-state index contributed by atoms with van der Waals surface area (Å²) >= 11 is 0. The van der Waals surface area contributed by atoms with Crippen molar-refractivity contribution in [2.75, 3.05) is 6.61 Å². The lowest BCUT2D eigenvalue weighted by Gasteiger charge is -2.23. The lowest BCUT2D eigenvalue weighted by atomic mass is 10.0. The number of aliphatic hydroxyl groups is 2. The molecule has 0 amide bonds. The summed E-state index contributed by atoms with van der Waals surface area (Å²) in [5, 5.41) is 27.3. The van der Waals surface area contributed by atoms with Crippen LogP contribution < -0.4 is 5.73 Å². The molecule has 7 nitrogen and oxygen atoms in total. The molecule has 1 aromatic rings. The molecule has 7 heteroatoms. The Morgan fingerprint density at radius 3 is 2.35 bits per heavy atom. The van der Waals surface area contributed by atoms with Crippen LogP contribution in [0.5, 0.6) is 0 Å². The molecular formula is C13H17NO6. The average Bonchev–Trinajstić information content (AvgIpc) is 2.43. The number of aliphatic carboxylic acids is 1. The van der Waals surface area contributed by atoms with Gasteiger partial charge in [-0.3, -0.25) is 9.59 Å². The predicted octanol–water partition coefficient (Wildman–Crippen LogP) is -0.574. The Kier molecular flexibility index (Phi) is 6.10. The van der Waals surface area contributed by atoms with Crippen LogP contribution >= 0.6 is 0 Å². The smallest absolute Gasteiger partial charge is 0.324 e. The second kappa shape index (κ2) is 7.59. The average molecular weight is 283 g/mol. The molecule has 5 N–H and O–H groups in total. The maximum Gasteiger partial charge on any atom is 0.324 e. The Labute approximate surface area is 115 Å². The maximum atomic E-state index is 11.7. The monoisotopic (exact) mass is 283 g/mol. The predicted molar refractivity (Wildman–Crippen MR) is 68.6 cm³/mol. The molecule has 0 aliphatic carbocycles. The SMILES string of the molecule is N[C@@H](CC(=O)O)C(=O)OC(c1ccccc1)C(O)CO. The first-order valence-electron chi connectivity index (χ1n) is 5.97. The maximum absolute atomic E-state index is 11.7. The molecule has 0 spiro atoms. The third-order valence-corrected chi connectivity index (χ3v) is 2.61. The summed E-state index contributed by atoms with van der Waals surface area (Å²) in [5.74, 6) is -2.18. The van der Waals surface area contributed by atoms with Gasteiger partial charge in [-0.15, -0.1) is 0 Å². The summed E-state index contributed by atoms with van der Waals surface area (Å²) in [6.45, 7) is -0.610. The number of carbonyl (C=O) groups excluding carboxylic acids is 1. The molecule has 0 bridgehead atoms. The van der Waals surface area contributed by atoms with E-state index in [1.807, 2.05) is 0 Å². The van der Waals surface area contributed by atoms with Gasteiger partial charge in [-0.2, -0.15) is 0 Å². The molecule has 0 heterocycles. The summed E-state index contributed by atoms with van der Waals surface area (Å²) in [4.78, 5) is 22.2. The Hall–Kier alpha value is -1.96. The molecule has 0 fully saturated rings. The van der Waals surface area contributed by atoms with Crippen LogP contribution in [0.2, 0.25) is 0 Å². The lowest BCUT2D eigenvalue weighted by Crippen LogP contribution is -2.37. The van der Waals surface area contributed by atoms with Crippen LogP contribution in [0, 0.1) is 0 Å². The van der Waals surface area contributed by atoms with Crippen LogP contribution in [0.15, 0.2) is 30.3 Å². The number of carboxylic acid groups (broad SMARTS) is 1. The molecule has 0 aliphatic heterocycles. The Morgan fingerprint density at radius 1 is 1.25 bits per heavy atom. The van der Waals surface area contributed by atoms with Crippen molar-refractivity contribution in [1.82, 2.24) is 0 Å². The highest BCUT2D eigenvalue weighted by atomic mass is 16.6. The van der Waals surface area contributed by atoms with E-state index in [1.165, 1.54) is 0 Å². The van der Waals surface area contributed by atoms with Gasteiger partial charge in [-0.25, -0.2) is 0 Å². The highest BCUT2D eigenvalue weighted by Crippen LogP contribution is 2.22. The number of benzene rings is 1. The number of nitrogens with two attached hydrogens (primary N) is 1. The van der Waals surface area contributed by atoms with Crippen molar-refractivity contribution in [2.45, 2.75) is 24.7 Å². The molecular weight excluding hydrogens is 266 g/mol. The standard InChI is InChI=1S/C13H17NO6/c14-9(6-11(17)18)13(19)20-12(10(16)7-15)8-4-2-1-3-5-8/h1-5,9-10,12,15-16H,6-7,14H2,(H,17,18)/t9-,10?,12?/m0/s1. The van der Waals surface area contributed by atoms with Gasteiger partial charge in [-0.1, -0.05) is 30.3 Å². The Bertz CT molecular complexity index is 449. The van der Waals surface area contributed by atoms with Crippen molar-refractivity contribution in [3.63, 3.8) is 0 Å². The number of hydrogen-bond donors (Lipinski definition) is 4. The summed E-state index contributed by atoms with van der Waals surface area (Å²) in [5.41, 5.74) is 5.86. The molecule has 1 aromatic carbocycles. The molecule has 1 rings (SSSR count). The van der Waals surface area contributed by atoms with Gasteiger partial charge in [0.2, 0.25) is 0 Å². The molecule has 3 atom stereocenters. The lowest BCUT2D eigenvalue weighted by molar-refractivity contribution is -0.161. The number of carbonyl (C=O) groups is 2. The van der Waals surface area contributed by atoms with E-state index in [4.69, 9.17) is 20.7 Å². The highest BCUT2D eigenvalue weighted by Gasteiger charge is 2.28. The fourth-order valence-electron chi connectivity index (χ4n) is 1.59. The van der Waals surface area contributed by atoms with Crippen molar-refractivity contribution < 1.29 is 29.6 Å². The highest BCUT2D eigenvalue weighted by molar-refractivity contribution is 5.81. The second-order valence-corrected chi connectivity index (χ2v) is 4.22. The minimum atomic E-state index is -1.33. The van der Waals surface area contributed by atoms with Gasteiger partial charge in [0.15, 0.2) is 6.10 Å². The number of hydrogen-bond acceptors (Lipinski definition) is 6. The molecule has 0 aliphatic rings. The van der Waals surface area contributed by atoms with Crippen LogP contribution in [0.25, 0.3) is 0 Å². The normalized spacial score (nSPS) is 15.2. The van der Waals surface area contributed by atoms with Crippen molar-refractivity contribution in [3.05, 3.63) is 35.9 Å². The molecule has 0 radical (unpaired) electrons. The van der Waals surface area contributed by atoms with E-state index in [2.05, 4.69) is 0 Å². The molecule has 110 valence electrons. The third kappa shape index (κ3) is 4.61. The summed E-state index contributed by atoms with van der Waals surface area (Å²) in [7, 11) is 0. The molecule has 0 saturated heterocycles. The second-order valence-electron chi connectivity index (χ2n) is 4.22. The fourth-order valence-corrected chi connectivity index (χ4v) is 1.59. The van der Waals surface area contributed by atoms with Crippen LogP contribution in [-0.2, 0) is 14.3 Å². The van der Waals surface area contributed by atoms with Crippen molar-refractivity contribution >= 4 is 11.9 Å². The first-order chi connectivity index (χ1) is 9.45. The van der Waals surface area contributed by atoms with Crippen molar-refractivity contribution in [2.24, 2.45) is 5.73 Å². The largest absolute Gasteiger partial charge is 0.481 e. The van der Waals surface area contributed by atoms with E-state index in [-0.39, 0.29) is 0 Å². The van der Waals surface area contributed by atoms with Gasteiger partial charge in [-0.05, 0) is 5.56 Å². The number of rotatable bonds is 7. The summed E-state index contributed by atoms with van der Waals surface area (Å²) < 4.78 is 5.01.